The van der Waals surface area contributed by atoms with Gasteiger partial charge in [-0.05, 0) is 47.5 Å². The maximum absolute atomic E-state index is 5.93. The minimum Gasteiger partial charge on any atom is -0.353 e. The molecule has 0 amide bonds. The van der Waals surface area contributed by atoms with Crippen LogP contribution >= 0.6 is 23.2 Å². The summed E-state index contributed by atoms with van der Waals surface area (Å²) >= 11 is 11.9. The molecule has 0 fully saturated rings. The Morgan fingerprint density at radius 1 is 0.923 bits per heavy atom. The number of hydrogen-bond donors (Lipinski definition) is 2. The van der Waals surface area contributed by atoms with Crippen LogP contribution in [-0.4, -0.2) is 24.8 Å². The van der Waals surface area contributed by atoms with Crippen LogP contribution in [0.25, 0.3) is 12.2 Å². The Hall–Kier alpha value is -2.56. The van der Waals surface area contributed by atoms with E-state index in [1.807, 2.05) is 72.8 Å². The number of halogens is 2. The standard InChI is InChI=1S/C20H18Cl2N4/c21-17-7-1-15(2-8-17)5-11-19(25-26-20-23-13-14-24-20)12-6-16-3-9-18(22)10-4-16/h1-12H,13-14H2,(H2,23,24,26)/b11-5+,12-6+. The van der Waals surface area contributed by atoms with E-state index in [1.54, 1.807) is 0 Å². The van der Waals surface area contributed by atoms with E-state index >= 15 is 0 Å². The van der Waals surface area contributed by atoms with Crippen LogP contribution in [0.4, 0.5) is 0 Å². The highest BCUT2D eigenvalue weighted by molar-refractivity contribution is 6.30. The number of hydrazone groups is 1. The Balaban J connectivity index is 1.77. The second-order valence-corrected chi connectivity index (χ2v) is 6.45. The number of aliphatic imine (C=N–C) groups is 1. The minimum absolute atomic E-state index is 0.683. The van der Waals surface area contributed by atoms with Crippen LogP contribution in [0.1, 0.15) is 11.1 Å². The first-order valence-corrected chi connectivity index (χ1v) is 8.94. The summed E-state index contributed by atoms with van der Waals surface area (Å²) in [6.45, 7) is 1.59. The molecule has 0 aliphatic carbocycles. The molecule has 0 spiro atoms. The van der Waals surface area contributed by atoms with Crippen molar-refractivity contribution in [2.45, 2.75) is 0 Å². The van der Waals surface area contributed by atoms with Crippen molar-refractivity contribution >= 4 is 47.0 Å². The van der Waals surface area contributed by atoms with E-state index in [4.69, 9.17) is 23.2 Å². The Kier molecular flexibility index (Phi) is 6.47. The summed E-state index contributed by atoms with van der Waals surface area (Å²) in [5, 5.41) is 8.97. The van der Waals surface area contributed by atoms with Crippen molar-refractivity contribution in [3.63, 3.8) is 0 Å². The van der Waals surface area contributed by atoms with Gasteiger partial charge >= 0.3 is 0 Å². The topological polar surface area (TPSA) is 48.8 Å². The van der Waals surface area contributed by atoms with Crippen LogP contribution in [0.2, 0.25) is 10.0 Å². The number of nitrogens with zero attached hydrogens (tertiary/aromatic N) is 2. The maximum Gasteiger partial charge on any atom is 0.212 e. The van der Waals surface area contributed by atoms with Gasteiger partial charge in [-0.3, -0.25) is 0 Å². The van der Waals surface area contributed by atoms with Gasteiger partial charge in [0.2, 0.25) is 5.96 Å². The Bertz CT molecular complexity index is 793. The van der Waals surface area contributed by atoms with Crippen LogP contribution in [0.5, 0.6) is 0 Å². The quantitative estimate of drug-likeness (QED) is 0.583. The molecule has 0 atom stereocenters. The smallest absolute Gasteiger partial charge is 0.212 e. The summed E-state index contributed by atoms with van der Waals surface area (Å²) in [6.07, 6.45) is 7.82. The molecular weight excluding hydrogens is 367 g/mol. The zero-order valence-electron chi connectivity index (χ0n) is 14.0. The lowest BCUT2D eigenvalue weighted by atomic mass is 10.1. The molecule has 3 rings (SSSR count). The molecule has 1 heterocycles. The minimum atomic E-state index is 0.683. The third-order valence-corrected chi connectivity index (χ3v) is 4.10. The average molecular weight is 385 g/mol. The molecule has 6 heteroatoms. The summed E-state index contributed by atoms with van der Waals surface area (Å²) in [7, 11) is 0. The van der Waals surface area contributed by atoms with E-state index in [2.05, 4.69) is 20.8 Å². The molecule has 0 bridgehead atoms. The van der Waals surface area contributed by atoms with E-state index in [0.717, 1.165) is 29.9 Å². The fourth-order valence-corrected chi connectivity index (χ4v) is 2.48. The molecule has 4 nitrogen and oxygen atoms in total. The number of rotatable bonds is 5. The molecule has 2 N–H and O–H groups in total. The van der Waals surface area contributed by atoms with Crippen molar-refractivity contribution in [3.05, 3.63) is 81.9 Å². The molecule has 1 aliphatic heterocycles. The van der Waals surface area contributed by atoms with Gasteiger partial charge in [0.15, 0.2) is 0 Å². The van der Waals surface area contributed by atoms with Crippen LogP contribution < -0.4 is 10.7 Å². The number of nitrogens with one attached hydrogen (secondary N) is 2. The third-order valence-electron chi connectivity index (χ3n) is 3.60. The Labute approximate surface area is 162 Å². The van der Waals surface area contributed by atoms with Gasteiger partial charge in [-0.2, -0.15) is 5.10 Å². The summed E-state index contributed by atoms with van der Waals surface area (Å²) in [4.78, 5) is 4.27. The third kappa shape index (κ3) is 5.76. The Morgan fingerprint density at radius 2 is 1.46 bits per heavy atom. The predicted molar refractivity (Wildman–Crippen MR) is 112 cm³/mol. The second kappa shape index (κ2) is 9.22. The number of benzene rings is 2. The number of hydrogen-bond acceptors (Lipinski definition) is 4. The molecule has 0 saturated carbocycles. The summed E-state index contributed by atoms with van der Waals surface area (Å²) in [5.74, 6) is 0.683. The molecule has 132 valence electrons. The van der Waals surface area contributed by atoms with Crippen LogP contribution in [0.15, 0.2) is 70.8 Å². The first-order valence-electron chi connectivity index (χ1n) is 8.18. The highest BCUT2D eigenvalue weighted by atomic mass is 35.5. The number of guanidine groups is 1. The van der Waals surface area contributed by atoms with Gasteiger partial charge in [-0.25, -0.2) is 10.4 Å². The largest absolute Gasteiger partial charge is 0.353 e. The lowest BCUT2D eigenvalue weighted by molar-refractivity contribution is 0.918. The van der Waals surface area contributed by atoms with E-state index in [-0.39, 0.29) is 0 Å². The van der Waals surface area contributed by atoms with E-state index in [0.29, 0.717) is 16.0 Å². The molecule has 1 aliphatic rings. The highest BCUT2D eigenvalue weighted by Crippen LogP contribution is 2.12. The van der Waals surface area contributed by atoms with Crippen LogP contribution in [0, 0.1) is 0 Å². The molecule has 0 aromatic heterocycles. The fourth-order valence-electron chi connectivity index (χ4n) is 2.23. The van der Waals surface area contributed by atoms with E-state index < -0.39 is 0 Å². The first-order chi connectivity index (χ1) is 12.7. The van der Waals surface area contributed by atoms with Gasteiger partial charge in [-0.15, -0.1) is 0 Å². The number of allylic oxidation sites excluding steroid dienone is 2. The zero-order chi connectivity index (χ0) is 18.2. The van der Waals surface area contributed by atoms with Gasteiger partial charge < -0.3 is 5.32 Å². The van der Waals surface area contributed by atoms with Gasteiger partial charge in [0.05, 0.1) is 12.3 Å². The molecule has 0 saturated heterocycles. The highest BCUT2D eigenvalue weighted by Gasteiger charge is 2.02. The van der Waals surface area contributed by atoms with Gasteiger partial charge in [0, 0.05) is 16.6 Å². The maximum atomic E-state index is 5.93. The lowest BCUT2D eigenvalue weighted by Crippen LogP contribution is -2.30. The van der Waals surface area contributed by atoms with Crippen LogP contribution in [-0.2, 0) is 0 Å². The molecule has 2 aromatic rings. The molecule has 0 radical (unpaired) electrons. The average Bonchev–Trinajstić information content (AvgIpc) is 3.17. The van der Waals surface area contributed by atoms with Gasteiger partial charge in [0.25, 0.3) is 0 Å². The van der Waals surface area contributed by atoms with Crippen molar-refractivity contribution in [1.29, 1.82) is 0 Å². The van der Waals surface area contributed by atoms with Crippen molar-refractivity contribution in [2.75, 3.05) is 13.1 Å². The summed E-state index contributed by atoms with van der Waals surface area (Å²) < 4.78 is 0. The van der Waals surface area contributed by atoms with Crippen molar-refractivity contribution in [3.8, 4) is 0 Å². The molecule has 2 aromatic carbocycles. The van der Waals surface area contributed by atoms with Crippen molar-refractivity contribution < 1.29 is 0 Å². The van der Waals surface area contributed by atoms with Crippen molar-refractivity contribution in [1.82, 2.24) is 10.7 Å². The monoisotopic (exact) mass is 384 g/mol. The fraction of sp³-hybridized carbons (Fsp3) is 0.100. The first kappa shape index (κ1) is 18.2. The molecule has 26 heavy (non-hydrogen) atoms. The van der Waals surface area contributed by atoms with Crippen LogP contribution in [0.3, 0.4) is 0 Å². The zero-order valence-corrected chi connectivity index (χ0v) is 15.5. The van der Waals surface area contributed by atoms with Gasteiger partial charge in [0.1, 0.15) is 0 Å². The Morgan fingerprint density at radius 3 is 1.92 bits per heavy atom. The van der Waals surface area contributed by atoms with E-state index in [1.165, 1.54) is 0 Å². The SMILES string of the molecule is Clc1ccc(/C=C/C(/C=C/c2ccc(Cl)cc2)=NNC2=NCCN2)cc1. The molecular formula is C20H18Cl2N4. The van der Waals surface area contributed by atoms with Gasteiger partial charge in [-0.1, -0.05) is 59.6 Å². The summed E-state index contributed by atoms with van der Waals surface area (Å²) in [6, 6.07) is 15.2. The van der Waals surface area contributed by atoms with E-state index in [9.17, 15) is 0 Å². The molecule has 0 unspecified atom stereocenters. The van der Waals surface area contributed by atoms with Crippen molar-refractivity contribution in [2.24, 2.45) is 10.1 Å². The second-order valence-electron chi connectivity index (χ2n) is 5.58. The normalized spacial score (nSPS) is 13.7. The summed E-state index contributed by atoms with van der Waals surface area (Å²) in [5.41, 5.74) is 5.79. The predicted octanol–water partition coefficient (Wildman–Crippen LogP) is 4.62. The lowest BCUT2D eigenvalue weighted by Gasteiger charge is -2.02.